The molecule has 86 heavy (non-hydrogen) atoms. The van der Waals surface area contributed by atoms with Crippen LogP contribution in [0.2, 0.25) is 0 Å². The molecule has 0 radical (unpaired) electrons. The van der Waals surface area contributed by atoms with Crippen LogP contribution in [-0.4, -0.2) is 7.32 Å². The normalized spacial score (nSPS) is 11.7. The quantitative estimate of drug-likeness (QED) is 0.0527. The maximum absolute atomic E-state index is 12.3. The molecule has 0 fully saturated rings. The summed E-state index contributed by atoms with van der Waals surface area (Å²) in [5, 5.41) is 36.9. The Labute approximate surface area is 495 Å². The highest BCUT2D eigenvalue weighted by atomic mass is 31.2. The van der Waals surface area contributed by atoms with E-state index in [1.54, 1.807) is 0 Å². The Hall–Kier alpha value is -9.28. The zero-order valence-corrected chi connectivity index (χ0v) is 47.5. The summed E-state index contributed by atoms with van der Waals surface area (Å²) in [7, 11) is -7.93. The van der Waals surface area contributed by atoms with Gasteiger partial charge in [0.25, 0.3) is 15.0 Å². The summed E-state index contributed by atoms with van der Waals surface area (Å²) < 4.78 is 92.3. The highest BCUT2D eigenvalue weighted by Crippen LogP contribution is 2.59. The minimum Gasteiger partial charge on any atom is -0.860 e. The van der Waals surface area contributed by atoms with Crippen molar-refractivity contribution in [1.82, 2.24) is 0 Å². The van der Waals surface area contributed by atoms with E-state index in [1.807, 2.05) is 0 Å². The highest BCUT2D eigenvalue weighted by Gasteiger charge is 2.51. The third-order valence-corrected chi connectivity index (χ3v) is 21.5. The summed E-state index contributed by atoms with van der Waals surface area (Å²) in [4.78, 5) is 0. The van der Waals surface area contributed by atoms with Crippen molar-refractivity contribution in [3.63, 3.8) is 0 Å². The van der Waals surface area contributed by atoms with E-state index in [0.29, 0.717) is 0 Å². The van der Waals surface area contributed by atoms with Gasteiger partial charge in [-0.3, -0.25) is 0 Å². The number of halogens is 6. The molecule has 14 heteroatoms. The van der Waals surface area contributed by atoms with Crippen LogP contribution in [0.1, 0.15) is 11.1 Å². The van der Waals surface area contributed by atoms with Gasteiger partial charge in [-0.1, -0.05) is 206 Å². The molecule has 0 unspecified atom stereocenters. The first-order valence-electron chi connectivity index (χ1n) is 27.3. The fourth-order valence-corrected chi connectivity index (χ4v) is 17.5. The average Bonchev–Trinajstić information content (AvgIpc) is 2.21. The van der Waals surface area contributed by atoms with E-state index < -0.39 is 51.5 Å². The third kappa shape index (κ3) is 12.4. The molecule has 0 heterocycles. The number of benzene rings is 13. The molecule has 0 aliphatic heterocycles. The van der Waals surface area contributed by atoms with Crippen LogP contribution >= 0.6 is 15.0 Å². The highest BCUT2D eigenvalue weighted by molar-refractivity contribution is 7.92. The Kier molecular flexibility index (Phi) is 17.4. The van der Waals surface area contributed by atoms with Gasteiger partial charge in [0.15, 0.2) is 11.5 Å². The van der Waals surface area contributed by atoms with Crippen molar-refractivity contribution in [2.24, 2.45) is 0 Å². The molecular weight excluding hydrogens is 1130 g/mol. The van der Waals surface area contributed by atoms with Crippen LogP contribution in [-0.2, 0) is 12.4 Å². The van der Waals surface area contributed by atoms with Crippen molar-refractivity contribution in [2.45, 2.75) is 12.4 Å². The third-order valence-electron chi connectivity index (χ3n) is 14.4. The van der Waals surface area contributed by atoms with Gasteiger partial charge in [-0.05, 0) is 135 Å². The molecule has 0 aliphatic carbocycles. The zero-order valence-electron chi connectivity index (χ0n) is 45.7. The first-order chi connectivity index (χ1) is 41.7. The van der Waals surface area contributed by atoms with Crippen LogP contribution < -0.4 is 55.6 Å². The van der Waals surface area contributed by atoms with Crippen molar-refractivity contribution < 1.29 is 50.1 Å². The molecule has 0 N–H and O–H groups in total. The van der Waals surface area contributed by atoms with Gasteiger partial charge in [0.2, 0.25) is 0 Å². The van der Waals surface area contributed by atoms with Crippen molar-refractivity contribution in [2.75, 3.05) is 0 Å². The number of hydrogen-bond acceptors (Lipinski definition) is 5. The van der Waals surface area contributed by atoms with Gasteiger partial charge in [0.05, 0.1) is 16.9 Å². The van der Waals surface area contributed by atoms with Gasteiger partial charge >= 0.3 is 12.4 Å². The molecule has 0 saturated heterocycles. The molecular formula is C72H51BF6O5P2. The molecule has 13 aromatic carbocycles. The van der Waals surface area contributed by atoms with Crippen LogP contribution in [0.15, 0.2) is 309 Å². The Morgan fingerprint density at radius 3 is 0.791 bits per heavy atom. The summed E-state index contributed by atoms with van der Waals surface area (Å²) in [6.45, 7) is 0. The van der Waals surface area contributed by atoms with Crippen molar-refractivity contribution in [1.29, 1.82) is 0 Å². The van der Waals surface area contributed by atoms with Crippen molar-refractivity contribution in [3.8, 4) is 17.2 Å². The van der Waals surface area contributed by atoms with E-state index >= 15 is 0 Å². The number of alkyl halides is 6. The SMILES string of the molecule is [O-]B([O-])Oc1cc(C(F)(F)F)cc(C(F)(F)F)c1.c1ccc([P+](Oc2cc3ccccc3c3ccccc23)(c2ccccc2)c2ccccc2)cc1.c1ccc([P+](Oc2cc3ccccc3c3ccccc23)(c2ccccc2)c2ccccc2)cc1. The Balaban J connectivity index is 0.000000141. The molecule has 13 rings (SSSR count). The maximum atomic E-state index is 12.3. The van der Waals surface area contributed by atoms with E-state index in [1.165, 1.54) is 64.1 Å². The van der Waals surface area contributed by atoms with E-state index in [4.69, 9.17) is 9.05 Å². The number of rotatable bonds is 12. The second-order valence-electron chi connectivity index (χ2n) is 19.8. The van der Waals surface area contributed by atoms with Gasteiger partial charge < -0.3 is 23.7 Å². The zero-order chi connectivity index (χ0) is 59.7. The van der Waals surface area contributed by atoms with Crippen LogP contribution in [0.25, 0.3) is 43.1 Å². The fourth-order valence-electron chi connectivity index (χ4n) is 10.6. The Bertz CT molecular complexity index is 3930. The monoisotopic (exact) mass is 1180 g/mol. The predicted octanol–water partition coefficient (Wildman–Crippen LogP) is 15.4. The molecule has 0 spiro atoms. The summed E-state index contributed by atoms with van der Waals surface area (Å²) >= 11 is 0. The van der Waals surface area contributed by atoms with Gasteiger partial charge in [-0.25, -0.2) is 0 Å². The summed E-state index contributed by atoms with van der Waals surface area (Å²) in [5.74, 6) is 0.755. The molecule has 424 valence electrons. The summed E-state index contributed by atoms with van der Waals surface area (Å²) in [5.41, 5.74) is -3.32. The van der Waals surface area contributed by atoms with Crippen molar-refractivity contribution in [3.05, 3.63) is 321 Å². The van der Waals surface area contributed by atoms with Crippen LogP contribution in [0.4, 0.5) is 26.3 Å². The van der Waals surface area contributed by atoms with Crippen LogP contribution in [0.3, 0.4) is 0 Å². The lowest BCUT2D eigenvalue weighted by atomic mass is 10.0. The fraction of sp³-hybridized carbons (Fsp3) is 0.0278. The minimum absolute atomic E-state index is 0.141. The van der Waals surface area contributed by atoms with E-state index in [-0.39, 0.29) is 18.2 Å². The smallest absolute Gasteiger partial charge is 0.416 e. The van der Waals surface area contributed by atoms with E-state index in [9.17, 15) is 36.4 Å². The van der Waals surface area contributed by atoms with E-state index in [2.05, 4.69) is 296 Å². The largest absolute Gasteiger partial charge is 0.860 e. The molecule has 5 nitrogen and oxygen atoms in total. The van der Waals surface area contributed by atoms with Gasteiger partial charge in [-0.15, -0.1) is 0 Å². The molecule has 0 amide bonds. The second kappa shape index (κ2) is 25.5. The van der Waals surface area contributed by atoms with Crippen molar-refractivity contribution >= 4 is 97.2 Å². The lowest BCUT2D eigenvalue weighted by Gasteiger charge is -2.27. The van der Waals surface area contributed by atoms with Crippen LogP contribution in [0, 0.1) is 0 Å². The number of hydrogen-bond donors (Lipinski definition) is 0. The first kappa shape index (κ1) is 58.5. The molecule has 13 aromatic rings. The summed E-state index contributed by atoms with van der Waals surface area (Å²) in [6, 6.07) is 103. The molecule has 0 aromatic heterocycles. The first-order valence-corrected chi connectivity index (χ1v) is 30.7. The predicted molar refractivity (Wildman–Crippen MR) is 337 cm³/mol. The Morgan fingerprint density at radius 2 is 0.523 bits per heavy atom. The molecule has 0 atom stereocenters. The topological polar surface area (TPSA) is 73.8 Å². The molecule has 0 saturated carbocycles. The second-order valence-corrected chi connectivity index (χ2v) is 25.7. The standard InChI is InChI=1S/2C32H24OP.C8H3BF6O3/c2*1-4-15-26(16-5-1)34(27-17-6-2-7-18-27,28-19-8-3-9-20-28)33-32-24-25-14-10-11-21-29(25)30-22-12-13-23-31(30)32;10-7(11,12)4-1-5(8(13,14)15)3-6(2-4)18-9(16)17/h2*1-24H;1-3H/q2*+1;-2. The van der Waals surface area contributed by atoms with Gasteiger partial charge in [0.1, 0.15) is 39.1 Å². The molecule has 0 bridgehead atoms. The lowest BCUT2D eigenvalue weighted by molar-refractivity contribution is -0.372. The Morgan fingerprint density at radius 1 is 0.279 bits per heavy atom. The lowest BCUT2D eigenvalue weighted by Crippen LogP contribution is -2.50. The van der Waals surface area contributed by atoms with Crippen LogP contribution in [0.5, 0.6) is 17.2 Å². The number of fused-ring (bicyclic) bond motifs is 6. The minimum atomic E-state index is -5.05. The van der Waals surface area contributed by atoms with E-state index in [0.717, 1.165) is 22.3 Å². The van der Waals surface area contributed by atoms with Gasteiger partial charge in [0, 0.05) is 10.8 Å². The molecule has 0 aliphatic rings. The average molecular weight is 1180 g/mol. The summed E-state index contributed by atoms with van der Waals surface area (Å²) in [6.07, 6.45) is -10.1. The van der Waals surface area contributed by atoms with Gasteiger partial charge in [-0.2, -0.15) is 26.3 Å². The maximum Gasteiger partial charge on any atom is 0.416 e.